The Morgan fingerprint density at radius 1 is 1.30 bits per heavy atom. The highest BCUT2D eigenvalue weighted by atomic mass is 32.1. The lowest BCUT2D eigenvalue weighted by atomic mass is 9.61. The summed E-state index contributed by atoms with van der Waals surface area (Å²) < 4.78 is 5.20. The van der Waals surface area contributed by atoms with Gasteiger partial charge in [-0.05, 0) is 24.3 Å². The molecule has 1 saturated heterocycles. The van der Waals surface area contributed by atoms with Crippen molar-refractivity contribution >= 4 is 11.3 Å². The molecule has 122 valence electrons. The van der Waals surface area contributed by atoms with Crippen LogP contribution >= 0.6 is 11.3 Å². The summed E-state index contributed by atoms with van der Waals surface area (Å²) in [4.78, 5) is 7.40. The molecule has 2 heterocycles. The van der Waals surface area contributed by atoms with Crippen LogP contribution in [0.4, 0.5) is 0 Å². The predicted molar refractivity (Wildman–Crippen MR) is 93.3 cm³/mol. The molecule has 2 atom stereocenters. The third-order valence-electron chi connectivity index (χ3n) is 5.53. The second-order valence-corrected chi connectivity index (χ2v) is 7.72. The zero-order chi connectivity index (χ0) is 15.7. The molecule has 1 saturated carbocycles. The number of hydrogen-bond donors (Lipinski definition) is 0. The van der Waals surface area contributed by atoms with E-state index in [0.717, 1.165) is 17.5 Å². The maximum absolute atomic E-state index is 5.20. The Morgan fingerprint density at radius 3 is 2.96 bits per heavy atom. The van der Waals surface area contributed by atoms with Crippen LogP contribution in [0.5, 0.6) is 0 Å². The Bertz CT molecular complexity index is 656. The second kappa shape index (κ2) is 6.34. The summed E-state index contributed by atoms with van der Waals surface area (Å²) in [7, 11) is 1.73. The Balaban J connectivity index is 1.58. The van der Waals surface area contributed by atoms with Crippen LogP contribution in [0.3, 0.4) is 0 Å². The van der Waals surface area contributed by atoms with Crippen LogP contribution in [0.25, 0.3) is 0 Å². The molecule has 4 heteroatoms. The van der Waals surface area contributed by atoms with Gasteiger partial charge in [0.15, 0.2) is 0 Å². The first-order chi connectivity index (χ1) is 11.3. The highest BCUT2D eigenvalue weighted by Crippen LogP contribution is 2.54. The van der Waals surface area contributed by atoms with E-state index in [2.05, 4.69) is 40.6 Å². The first-order valence-corrected chi connectivity index (χ1v) is 9.43. The fourth-order valence-corrected chi connectivity index (χ4v) is 5.26. The Morgan fingerprint density at radius 2 is 2.17 bits per heavy atom. The van der Waals surface area contributed by atoms with Crippen molar-refractivity contribution < 1.29 is 4.74 Å². The Hall–Kier alpha value is -1.23. The molecule has 2 fully saturated rings. The van der Waals surface area contributed by atoms with Gasteiger partial charge in [0, 0.05) is 25.6 Å². The molecule has 1 aromatic carbocycles. The number of fused-ring (bicyclic) bond motifs is 1. The summed E-state index contributed by atoms with van der Waals surface area (Å²) in [5, 5.41) is 3.28. The molecule has 0 amide bonds. The molecule has 4 rings (SSSR count). The van der Waals surface area contributed by atoms with Gasteiger partial charge >= 0.3 is 0 Å². The van der Waals surface area contributed by atoms with Gasteiger partial charge in [0.25, 0.3) is 0 Å². The van der Waals surface area contributed by atoms with Gasteiger partial charge in [0.2, 0.25) is 0 Å². The summed E-state index contributed by atoms with van der Waals surface area (Å²) >= 11 is 1.71. The molecular weight excluding hydrogens is 304 g/mol. The maximum atomic E-state index is 5.20. The molecule has 1 aromatic heterocycles. The number of hydrogen-bond acceptors (Lipinski definition) is 4. The monoisotopic (exact) mass is 328 g/mol. The minimum Gasteiger partial charge on any atom is -0.378 e. The number of methoxy groups -OCH3 is 1. The number of ether oxygens (including phenoxy) is 1. The van der Waals surface area contributed by atoms with Gasteiger partial charge in [0.1, 0.15) is 5.01 Å². The normalized spacial score (nSPS) is 27.4. The molecular formula is C19H24N2OS. The van der Waals surface area contributed by atoms with Gasteiger partial charge < -0.3 is 4.74 Å². The number of aromatic nitrogens is 1. The zero-order valence-electron chi connectivity index (χ0n) is 13.7. The van der Waals surface area contributed by atoms with Gasteiger partial charge in [-0.1, -0.05) is 43.2 Å². The molecule has 0 bridgehead atoms. The maximum Gasteiger partial charge on any atom is 0.119 e. The van der Waals surface area contributed by atoms with E-state index < -0.39 is 0 Å². The molecule has 2 aromatic rings. The summed E-state index contributed by atoms with van der Waals surface area (Å²) in [6.07, 6.45) is 5.39. The van der Waals surface area contributed by atoms with Crippen LogP contribution in [0.2, 0.25) is 0 Å². The Labute approximate surface area is 142 Å². The van der Waals surface area contributed by atoms with E-state index in [0.29, 0.717) is 6.61 Å². The predicted octanol–water partition coefficient (Wildman–Crippen LogP) is 4.19. The van der Waals surface area contributed by atoms with Crippen LogP contribution in [0.15, 0.2) is 35.7 Å². The lowest BCUT2D eigenvalue weighted by molar-refractivity contribution is -0.121. The number of benzene rings is 1. The summed E-state index contributed by atoms with van der Waals surface area (Å²) in [5.74, 6) is 0.815. The molecule has 1 aliphatic heterocycles. The van der Waals surface area contributed by atoms with E-state index >= 15 is 0 Å². The summed E-state index contributed by atoms with van der Waals surface area (Å²) in [5.41, 5.74) is 2.95. The third-order valence-corrected chi connectivity index (χ3v) is 6.41. The minimum atomic E-state index is 0.255. The van der Waals surface area contributed by atoms with Gasteiger partial charge in [-0.25, -0.2) is 4.98 Å². The van der Waals surface area contributed by atoms with E-state index in [1.807, 2.05) is 0 Å². The van der Waals surface area contributed by atoms with Gasteiger partial charge in [-0.3, -0.25) is 4.90 Å². The smallest absolute Gasteiger partial charge is 0.119 e. The lowest BCUT2D eigenvalue weighted by Crippen LogP contribution is -2.65. The van der Waals surface area contributed by atoms with E-state index in [1.54, 1.807) is 18.4 Å². The van der Waals surface area contributed by atoms with Gasteiger partial charge in [-0.2, -0.15) is 0 Å². The van der Waals surface area contributed by atoms with Gasteiger partial charge in [0.05, 0.1) is 17.8 Å². The van der Waals surface area contributed by atoms with Crippen LogP contribution < -0.4 is 0 Å². The standard InChI is InChI=1S/C19H24N2OS/c1-22-13-18-20-17(14-23-18)12-21-11-16-9-5-6-10-19(16,21)15-7-3-2-4-8-15/h2-4,7-8,14,16H,5-6,9-13H2,1H3/t16-,19+/m0/s1. The van der Waals surface area contributed by atoms with Crippen LogP contribution in [-0.2, 0) is 23.4 Å². The topological polar surface area (TPSA) is 25.4 Å². The quantitative estimate of drug-likeness (QED) is 0.823. The van der Waals surface area contributed by atoms with Crippen LogP contribution in [-0.4, -0.2) is 23.5 Å². The van der Waals surface area contributed by atoms with E-state index in [4.69, 9.17) is 9.72 Å². The number of nitrogens with zero attached hydrogens (tertiary/aromatic N) is 2. The van der Waals surface area contributed by atoms with Gasteiger partial charge in [-0.15, -0.1) is 11.3 Å². The van der Waals surface area contributed by atoms with E-state index in [1.165, 1.54) is 43.5 Å². The van der Waals surface area contributed by atoms with Crippen molar-refractivity contribution in [1.29, 1.82) is 0 Å². The SMILES string of the molecule is COCc1nc(CN2C[C@@H]3CCCC[C@@]32c2ccccc2)cs1. The van der Waals surface area contributed by atoms with Crippen molar-refractivity contribution in [2.24, 2.45) is 5.92 Å². The van der Waals surface area contributed by atoms with Crippen molar-refractivity contribution in [3.63, 3.8) is 0 Å². The molecule has 3 nitrogen and oxygen atoms in total. The number of likely N-dealkylation sites (tertiary alicyclic amines) is 1. The average Bonchev–Trinajstić information content (AvgIpc) is 3.01. The first kappa shape index (κ1) is 15.3. The van der Waals surface area contributed by atoms with Crippen molar-refractivity contribution in [2.45, 2.75) is 44.4 Å². The molecule has 2 aliphatic rings. The lowest BCUT2D eigenvalue weighted by Gasteiger charge is -2.61. The molecule has 0 unspecified atom stereocenters. The van der Waals surface area contributed by atoms with Crippen molar-refractivity contribution in [3.8, 4) is 0 Å². The average molecular weight is 328 g/mol. The van der Waals surface area contributed by atoms with Crippen LogP contribution in [0.1, 0.15) is 41.9 Å². The number of thiazole rings is 1. The van der Waals surface area contributed by atoms with Crippen molar-refractivity contribution in [3.05, 3.63) is 52.0 Å². The second-order valence-electron chi connectivity index (χ2n) is 6.78. The molecule has 0 spiro atoms. The minimum absolute atomic E-state index is 0.255. The highest BCUT2D eigenvalue weighted by molar-refractivity contribution is 7.09. The summed E-state index contributed by atoms with van der Waals surface area (Å²) in [6.45, 7) is 2.80. The fraction of sp³-hybridized carbons (Fsp3) is 0.526. The Kier molecular flexibility index (Phi) is 4.22. The summed E-state index contributed by atoms with van der Waals surface area (Å²) in [6, 6.07) is 11.1. The highest BCUT2D eigenvalue weighted by Gasteiger charge is 2.54. The van der Waals surface area contributed by atoms with E-state index in [-0.39, 0.29) is 5.54 Å². The van der Waals surface area contributed by atoms with Crippen LogP contribution in [0, 0.1) is 5.92 Å². The third kappa shape index (κ3) is 2.63. The molecule has 0 N–H and O–H groups in total. The number of rotatable bonds is 5. The molecule has 23 heavy (non-hydrogen) atoms. The zero-order valence-corrected chi connectivity index (χ0v) is 14.5. The van der Waals surface area contributed by atoms with E-state index in [9.17, 15) is 0 Å². The van der Waals surface area contributed by atoms with Crippen molar-refractivity contribution in [2.75, 3.05) is 13.7 Å². The first-order valence-electron chi connectivity index (χ1n) is 8.56. The molecule has 0 radical (unpaired) electrons. The molecule has 1 aliphatic carbocycles. The van der Waals surface area contributed by atoms with Crippen molar-refractivity contribution in [1.82, 2.24) is 9.88 Å². The fourth-order valence-electron chi connectivity index (χ4n) is 4.51. The largest absolute Gasteiger partial charge is 0.378 e.